The molecule has 110 valence electrons. The molecule has 0 bridgehead atoms. The largest absolute Gasteiger partial charge is 0.478 e. The first kappa shape index (κ1) is 15.8. The van der Waals surface area contributed by atoms with Gasteiger partial charge in [-0.25, -0.2) is 9.59 Å². The maximum Gasteiger partial charge on any atom is 0.336 e. The van der Waals surface area contributed by atoms with Gasteiger partial charge in [-0.05, 0) is 12.1 Å². The molecule has 9 heteroatoms. The Morgan fingerprint density at radius 3 is 1.71 bits per heavy atom. The number of carbonyl (C=O) groups is 5. The lowest BCUT2D eigenvalue weighted by atomic mass is 9.97. The maximum absolute atomic E-state index is 11.7. The van der Waals surface area contributed by atoms with Gasteiger partial charge in [0.05, 0.1) is 22.3 Å². The molecule has 0 saturated carbocycles. The lowest BCUT2D eigenvalue weighted by Gasteiger charge is -2.10. The molecule has 0 heterocycles. The zero-order valence-electron chi connectivity index (χ0n) is 10.7. The molecule has 3 amide bonds. The van der Waals surface area contributed by atoms with Gasteiger partial charge in [-0.3, -0.25) is 19.7 Å². The van der Waals surface area contributed by atoms with Gasteiger partial charge in [0.15, 0.2) is 0 Å². The third kappa shape index (κ3) is 3.41. The zero-order valence-corrected chi connectivity index (χ0v) is 10.7. The van der Waals surface area contributed by atoms with Crippen LogP contribution in [0.3, 0.4) is 0 Å². The highest BCUT2D eigenvalue weighted by atomic mass is 16.4. The molecule has 0 aliphatic heterocycles. The fourth-order valence-electron chi connectivity index (χ4n) is 1.57. The Hall–Kier alpha value is -3.23. The average Bonchev–Trinajstić information content (AvgIpc) is 2.35. The van der Waals surface area contributed by atoms with Crippen molar-refractivity contribution in [2.24, 2.45) is 5.73 Å². The van der Waals surface area contributed by atoms with E-state index in [0.717, 1.165) is 13.0 Å². The Morgan fingerprint density at radius 1 is 0.905 bits per heavy atom. The monoisotopic (exact) mass is 294 g/mol. The fourth-order valence-corrected chi connectivity index (χ4v) is 1.57. The van der Waals surface area contributed by atoms with Crippen LogP contribution in [0.15, 0.2) is 12.1 Å². The van der Waals surface area contributed by atoms with Crippen molar-refractivity contribution >= 4 is 29.7 Å². The number of carboxylic acids is 2. The minimum absolute atomic E-state index is 0.541. The van der Waals surface area contributed by atoms with Gasteiger partial charge in [-0.15, -0.1) is 0 Å². The van der Waals surface area contributed by atoms with E-state index in [4.69, 9.17) is 15.9 Å². The first-order chi connectivity index (χ1) is 9.65. The number of nitrogens with one attached hydrogen (secondary N) is 1. The Balaban J connectivity index is 3.62. The van der Waals surface area contributed by atoms with Crippen LogP contribution in [0.25, 0.3) is 0 Å². The highest BCUT2D eigenvalue weighted by Gasteiger charge is 2.24. The minimum atomic E-state index is -1.60. The molecular weight excluding hydrogens is 284 g/mol. The minimum Gasteiger partial charge on any atom is -0.478 e. The van der Waals surface area contributed by atoms with Gasteiger partial charge in [0.25, 0.3) is 5.91 Å². The number of primary amides is 1. The van der Waals surface area contributed by atoms with Gasteiger partial charge in [0.2, 0.25) is 11.8 Å². The predicted molar refractivity (Wildman–Crippen MR) is 67.0 cm³/mol. The van der Waals surface area contributed by atoms with Gasteiger partial charge in [0, 0.05) is 6.92 Å². The highest BCUT2D eigenvalue weighted by molar-refractivity contribution is 6.13. The molecule has 1 aromatic carbocycles. The molecule has 0 aliphatic carbocycles. The summed E-state index contributed by atoms with van der Waals surface area (Å²) < 4.78 is 0. The van der Waals surface area contributed by atoms with E-state index in [-0.39, 0.29) is 0 Å². The van der Waals surface area contributed by atoms with Gasteiger partial charge in [-0.2, -0.15) is 0 Å². The number of hydrogen-bond acceptors (Lipinski definition) is 5. The van der Waals surface area contributed by atoms with Gasteiger partial charge in [-0.1, -0.05) is 0 Å². The lowest BCUT2D eigenvalue weighted by molar-refractivity contribution is -0.118. The molecule has 0 spiro atoms. The Labute approximate surface area is 117 Å². The summed E-state index contributed by atoms with van der Waals surface area (Å²) in [6.45, 7) is 1.03. The van der Waals surface area contributed by atoms with Crippen LogP contribution in [-0.2, 0) is 4.79 Å². The van der Waals surface area contributed by atoms with E-state index in [0.29, 0.717) is 6.07 Å². The summed E-state index contributed by atoms with van der Waals surface area (Å²) in [6.07, 6.45) is 0. The number of aromatic carboxylic acids is 2. The van der Waals surface area contributed by atoms with Crippen LogP contribution in [0.2, 0.25) is 0 Å². The van der Waals surface area contributed by atoms with Crippen molar-refractivity contribution in [3.05, 3.63) is 34.4 Å². The van der Waals surface area contributed by atoms with Crippen molar-refractivity contribution in [1.82, 2.24) is 5.32 Å². The van der Waals surface area contributed by atoms with Crippen LogP contribution in [0, 0.1) is 0 Å². The topological polar surface area (TPSA) is 164 Å². The van der Waals surface area contributed by atoms with Crippen LogP contribution < -0.4 is 11.1 Å². The molecule has 0 radical (unpaired) electrons. The number of rotatable bonds is 4. The molecule has 5 N–H and O–H groups in total. The molecule has 0 unspecified atom stereocenters. The Morgan fingerprint density at radius 2 is 1.33 bits per heavy atom. The summed E-state index contributed by atoms with van der Waals surface area (Å²) in [5, 5.41) is 19.8. The number of imide groups is 1. The molecule has 0 saturated heterocycles. The van der Waals surface area contributed by atoms with Crippen molar-refractivity contribution < 1.29 is 34.2 Å². The van der Waals surface area contributed by atoms with E-state index in [9.17, 15) is 24.0 Å². The van der Waals surface area contributed by atoms with Crippen molar-refractivity contribution in [3.63, 3.8) is 0 Å². The molecule has 1 aromatic rings. The van der Waals surface area contributed by atoms with Crippen molar-refractivity contribution in [3.8, 4) is 0 Å². The number of hydrogen-bond donors (Lipinski definition) is 4. The second kappa shape index (κ2) is 5.82. The molecule has 21 heavy (non-hydrogen) atoms. The standard InChI is InChI=1S/C12H10N2O7/c1-4(15)14-10(17)6-2-5(9(13)16)7(11(18)19)3-8(6)12(20)21/h2-3H,1H3,(H2,13,16)(H,18,19)(H,20,21)(H,14,15,17). The summed E-state index contributed by atoms with van der Waals surface area (Å²) in [5.41, 5.74) is 2.59. The first-order valence-corrected chi connectivity index (χ1v) is 5.41. The smallest absolute Gasteiger partial charge is 0.336 e. The summed E-state index contributed by atoms with van der Waals surface area (Å²) in [6, 6.07) is 1.37. The zero-order chi connectivity index (χ0) is 16.3. The quantitative estimate of drug-likeness (QED) is 0.578. The SMILES string of the molecule is CC(=O)NC(=O)c1cc(C(N)=O)c(C(=O)O)cc1C(=O)O. The molecule has 9 nitrogen and oxygen atoms in total. The number of carbonyl (C=O) groups excluding carboxylic acids is 3. The van der Waals surface area contributed by atoms with Crippen LogP contribution in [0.1, 0.15) is 48.4 Å². The Bertz CT molecular complexity index is 678. The molecule has 0 atom stereocenters. The van der Waals surface area contributed by atoms with E-state index >= 15 is 0 Å². The van der Waals surface area contributed by atoms with E-state index < -0.39 is 51.9 Å². The van der Waals surface area contributed by atoms with Crippen molar-refractivity contribution in [1.29, 1.82) is 0 Å². The number of amides is 3. The highest BCUT2D eigenvalue weighted by Crippen LogP contribution is 2.18. The molecule has 0 aliphatic rings. The van der Waals surface area contributed by atoms with E-state index in [1.165, 1.54) is 0 Å². The van der Waals surface area contributed by atoms with E-state index in [2.05, 4.69) is 0 Å². The van der Waals surface area contributed by atoms with Crippen LogP contribution >= 0.6 is 0 Å². The number of nitrogens with two attached hydrogens (primary N) is 1. The number of benzene rings is 1. The Kier molecular flexibility index (Phi) is 4.39. The summed E-state index contributed by atoms with van der Waals surface area (Å²) >= 11 is 0. The fraction of sp³-hybridized carbons (Fsp3) is 0.0833. The van der Waals surface area contributed by atoms with Crippen LogP contribution in [-0.4, -0.2) is 39.9 Å². The average molecular weight is 294 g/mol. The summed E-state index contributed by atoms with van der Waals surface area (Å²) in [4.78, 5) is 55.9. The van der Waals surface area contributed by atoms with Gasteiger partial charge in [0.1, 0.15) is 0 Å². The lowest BCUT2D eigenvalue weighted by Crippen LogP contribution is -2.30. The van der Waals surface area contributed by atoms with Gasteiger partial charge < -0.3 is 15.9 Å². The van der Waals surface area contributed by atoms with Crippen molar-refractivity contribution in [2.45, 2.75) is 6.92 Å². The number of carboxylic acid groups (broad SMARTS) is 2. The summed E-state index contributed by atoms with van der Waals surface area (Å²) in [7, 11) is 0. The second-order valence-corrected chi connectivity index (χ2v) is 3.93. The van der Waals surface area contributed by atoms with Crippen LogP contribution in [0.5, 0.6) is 0 Å². The van der Waals surface area contributed by atoms with E-state index in [1.807, 2.05) is 5.32 Å². The van der Waals surface area contributed by atoms with Gasteiger partial charge >= 0.3 is 11.9 Å². The van der Waals surface area contributed by atoms with E-state index in [1.54, 1.807) is 0 Å². The molecule has 0 fully saturated rings. The molecule has 0 aromatic heterocycles. The third-order valence-electron chi connectivity index (χ3n) is 2.42. The first-order valence-electron chi connectivity index (χ1n) is 5.41. The van der Waals surface area contributed by atoms with Crippen molar-refractivity contribution in [2.75, 3.05) is 0 Å². The second-order valence-electron chi connectivity index (χ2n) is 3.93. The molecule has 1 rings (SSSR count). The maximum atomic E-state index is 11.7. The van der Waals surface area contributed by atoms with Crippen LogP contribution in [0.4, 0.5) is 0 Å². The third-order valence-corrected chi connectivity index (χ3v) is 2.42. The normalized spacial score (nSPS) is 9.76. The predicted octanol–water partition coefficient (Wildman–Crippen LogP) is -0.542. The molecular formula is C12H10N2O7. The summed E-state index contributed by atoms with van der Waals surface area (Å²) in [5.74, 6) is -6.16.